The molecule has 5 unspecified atom stereocenters. The first kappa shape index (κ1) is 23.1. The molecule has 0 aromatic carbocycles. The summed E-state index contributed by atoms with van der Waals surface area (Å²) >= 11 is 0. The van der Waals surface area contributed by atoms with Crippen LogP contribution in [0.4, 0.5) is 13.2 Å². The van der Waals surface area contributed by atoms with E-state index in [0.29, 0.717) is 13.0 Å². The number of morpholine rings is 1. The van der Waals surface area contributed by atoms with Gasteiger partial charge in [-0.25, -0.2) is 0 Å². The minimum absolute atomic E-state index is 0.116. The minimum atomic E-state index is -4.12. The summed E-state index contributed by atoms with van der Waals surface area (Å²) in [5, 5.41) is 16.5. The zero-order valence-corrected chi connectivity index (χ0v) is 17.1. The average Bonchev–Trinajstić information content (AvgIpc) is 2.68. The van der Waals surface area contributed by atoms with E-state index < -0.39 is 12.1 Å². The molecule has 0 spiro atoms. The first-order valence-electron chi connectivity index (χ1n) is 10.7. The molecular formula is C18H35F3N6O2. The Bertz CT molecular complexity index is 481. The molecule has 2 aliphatic heterocycles. The van der Waals surface area contributed by atoms with Gasteiger partial charge in [0.25, 0.3) is 0 Å². The van der Waals surface area contributed by atoms with Gasteiger partial charge < -0.3 is 9.47 Å². The summed E-state index contributed by atoms with van der Waals surface area (Å²) in [6, 6.07) is -0.185. The predicted octanol–water partition coefficient (Wildman–Crippen LogP) is 0.289. The first-order chi connectivity index (χ1) is 13.9. The first-order valence-corrected chi connectivity index (χ1v) is 10.7. The van der Waals surface area contributed by atoms with E-state index in [0.717, 1.165) is 45.8 Å². The van der Waals surface area contributed by atoms with Gasteiger partial charge in [-0.2, -0.15) is 13.2 Å². The van der Waals surface area contributed by atoms with Crippen LogP contribution in [-0.2, 0) is 9.47 Å². The van der Waals surface area contributed by atoms with Crippen LogP contribution in [0.5, 0.6) is 0 Å². The number of ether oxygens (including phenoxy) is 2. The van der Waals surface area contributed by atoms with Gasteiger partial charge >= 0.3 is 6.18 Å². The molecule has 0 aromatic heterocycles. The second kappa shape index (κ2) is 11.2. The molecule has 29 heavy (non-hydrogen) atoms. The zero-order chi connectivity index (χ0) is 20.7. The van der Waals surface area contributed by atoms with Crippen LogP contribution in [0, 0.1) is 5.92 Å². The fraction of sp³-hybridized carbons (Fsp3) is 1.00. The van der Waals surface area contributed by atoms with Gasteiger partial charge in [-0.1, -0.05) is 6.42 Å². The normalized spacial score (nSPS) is 35.0. The number of nitrogens with zero attached hydrogens (tertiary/aromatic N) is 1. The van der Waals surface area contributed by atoms with Gasteiger partial charge in [0, 0.05) is 38.8 Å². The lowest BCUT2D eigenvalue weighted by atomic mass is 9.85. The summed E-state index contributed by atoms with van der Waals surface area (Å²) < 4.78 is 50.3. The Balaban J connectivity index is 1.47. The molecule has 0 radical (unpaired) electrons. The van der Waals surface area contributed by atoms with Crippen molar-refractivity contribution in [3.63, 3.8) is 0 Å². The Kier molecular flexibility index (Phi) is 8.93. The van der Waals surface area contributed by atoms with E-state index in [-0.39, 0.29) is 37.8 Å². The Morgan fingerprint density at radius 3 is 2.59 bits per heavy atom. The molecular weight excluding hydrogens is 389 g/mol. The highest BCUT2D eigenvalue weighted by molar-refractivity contribution is 4.85. The molecule has 170 valence electrons. The summed E-state index contributed by atoms with van der Waals surface area (Å²) in [4.78, 5) is 2.34. The standard InChI is InChI=1S/C18H35F3N6O2/c1-2-29-17-25-15(22-6-7-27-8-10-28-11-9-27)24-16(26-17)23-14-5-3-4-13(12-14)18(19,20)21/h13-17,22-26H,2-12H2,1H3. The maximum atomic E-state index is 13.1. The topological polar surface area (TPSA) is 81.9 Å². The summed E-state index contributed by atoms with van der Waals surface area (Å²) in [5.41, 5.74) is 0. The summed E-state index contributed by atoms with van der Waals surface area (Å²) in [6.07, 6.45) is -3.39. The second-order valence-corrected chi connectivity index (χ2v) is 7.88. The Hall–Kier alpha value is -0.530. The fourth-order valence-electron chi connectivity index (χ4n) is 4.16. The molecule has 2 saturated heterocycles. The van der Waals surface area contributed by atoms with Gasteiger partial charge in [-0.05, 0) is 26.2 Å². The van der Waals surface area contributed by atoms with Crippen LogP contribution in [0.15, 0.2) is 0 Å². The molecule has 3 aliphatic rings. The number of halogens is 3. The third kappa shape index (κ3) is 7.59. The van der Waals surface area contributed by atoms with Crippen molar-refractivity contribution in [2.75, 3.05) is 46.0 Å². The van der Waals surface area contributed by atoms with Crippen molar-refractivity contribution in [3.05, 3.63) is 0 Å². The van der Waals surface area contributed by atoms with Crippen LogP contribution in [0.2, 0.25) is 0 Å². The molecule has 2 heterocycles. The second-order valence-electron chi connectivity index (χ2n) is 7.88. The molecule has 8 nitrogen and oxygen atoms in total. The molecule has 0 bridgehead atoms. The molecule has 1 saturated carbocycles. The van der Waals surface area contributed by atoms with Crippen molar-refractivity contribution in [2.45, 2.75) is 63.8 Å². The van der Waals surface area contributed by atoms with Gasteiger partial charge in [0.15, 0.2) is 6.35 Å². The molecule has 0 amide bonds. The molecule has 3 rings (SSSR count). The number of hydrogen-bond acceptors (Lipinski definition) is 8. The van der Waals surface area contributed by atoms with E-state index in [9.17, 15) is 13.2 Å². The summed E-state index contributed by atoms with van der Waals surface area (Å²) in [6.45, 7) is 7.51. The van der Waals surface area contributed by atoms with E-state index >= 15 is 0 Å². The minimum Gasteiger partial charge on any atom is -0.379 e. The monoisotopic (exact) mass is 424 g/mol. The quantitative estimate of drug-likeness (QED) is 0.381. The smallest absolute Gasteiger partial charge is 0.379 e. The lowest BCUT2D eigenvalue weighted by molar-refractivity contribution is -0.184. The third-order valence-electron chi connectivity index (χ3n) is 5.72. The van der Waals surface area contributed by atoms with Crippen molar-refractivity contribution in [3.8, 4) is 0 Å². The predicted molar refractivity (Wildman–Crippen MR) is 103 cm³/mol. The highest BCUT2D eigenvalue weighted by atomic mass is 19.4. The maximum absolute atomic E-state index is 13.1. The van der Waals surface area contributed by atoms with Gasteiger partial charge in [0.05, 0.1) is 19.1 Å². The fourth-order valence-corrected chi connectivity index (χ4v) is 4.16. The Morgan fingerprint density at radius 2 is 1.86 bits per heavy atom. The van der Waals surface area contributed by atoms with Gasteiger partial charge in [0.2, 0.25) is 0 Å². The van der Waals surface area contributed by atoms with Crippen LogP contribution in [0.3, 0.4) is 0 Å². The van der Waals surface area contributed by atoms with Crippen LogP contribution in [0.1, 0.15) is 32.6 Å². The van der Waals surface area contributed by atoms with E-state index in [1.165, 1.54) is 0 Å². The van der Waals surface area contributed by atoms with Crippen molar-refractivity contribution < 1.29 is 22.6 Å². The molecule has 0 aromatic rings. The molecule has 5 atom stereocenters. The zero-order valence-electron chi connectivity index (χ0n) is 17.1. The van der Waals surface area contributed by atoms with Gasteiger partial charge in [-0.15, -0.1) is 0 Å². The Morgan fingerprint density at radius 1 is 1.10 bits per heavy atom. The number of alkyl halides is 3. The van der Waals surface area contributed by atoms with Crippen molar-refractivity contribution in [1.29, 1.82) is 0 Å². The van der Waals surface area contributed by atoms with Gasteiger partial charge in [-0.3, -0.25) is 31.5 Å². The van der Waals surface area contributed by atoms with Crippen LogP contribution >= 0.6 is 0 Å². The van der Waals surface area contributed by atoms with E-state index in [1.807, 2.05) is 6.92 Å². The lowest BCUT2D eigenvalue weighted by Gasteiger charge is -2.42. The van der Waals surface area contributed by atoms with Crippen LogP contribution in [-0.4, -0.2) is 82.0 Å². The highest BCUT2D eigenvalue weighted by Gasteiger charge is 2.42. The van der Waals surface area contributed by atoms with Crippen molar-refractivity contribution >= 4 is 0 Å². The van der Waals surface area contributed by atoms with Crippen LogP contribution in [0.25, 0.3) is 0 Å². The van der Waals surface area contributed by atoms with E-state index in [4.69, 9.17) is 9.47 Å². The average molecular weight is 425 g/mol. The Labute approximate surface area is 170 Å². The third-order valence-corrected chi connectivity index (χ3v) is 5.72. The molecule has 3 fully saturated rings. The summed E-state index contributed by atoms with van der Waals surface area (Å²) in [5.74, 6) is -1.22. The number of hydrogen-bond donors (Lipinski definition) is 5. The number of nitrogens with one attached hydrogen (secondary N) is 5. The van der Waals surface area contributed by atoms with Crippen LogP contribution < -0.4 is 26.6 Å². The maximum Gasteiger partial charge on any atom is 0.391 e. The van der Waals surface area contributed by atoms with E-state index in [1.54, 1.807) is 0 Å². The lowest BCUT2D eigenvalue weighted by Crippen LogP contribution is -2.76. The van der Waals surface area contributed by atoms with Crippen molar-refractivity contribution in [2.24, 2.45) is 5.92 Å². The molecule has 1 aliphatic carbocycles. The highest BCUT2D eigenvalue weighted by Crippen LogP contribution is 2.37. The number of rotatable bonds is 8. The van der Waals surface area contributed by atoms with E-state index in [2.05, 4.69) is 31.5 Å². The molecule has 11 heteroatoms. The van der Waals surface area contributed by atoms with Crippen molar-refractivity contribution in [1.82, 2.24) is 31.5 Å². The largest absolute Gasteiger partial charge is 0.391 e. The molecule has 5 N–H and O–H groups in total. The SMILES string of the molecule is CCOC1NC(NCCN2CCOCC2)NC(NC2CCCC(C(F)(F)F)C2)N1. The summed E-state index contributed by atoms with van der Waals surface area (Å²) in [7, 11) is 0. The van der Waals surface area contributed by atoms with Gasteiger partial charge in [0.1, 0.15) is 12.6 Å².